The van der Waals surface area contributed by atoms with Crippen LogP contribution in [0.3, 0.4) is 0 Å². The summed E-state index contributed by atoms with van der Waals surface area (Å²) in [5.41, 5.74) is 0.683. The fourth-order valence-electron chi connectivity index (χ4n) is 19.3. The lowest BCUT2D eigenvalue weighted by molar-refractivity contribution is -0.162. The number of carbonyl (C=O) groups excluding carboxylic acids is 7. The van der Waals surface area contributed by atoms with E-state index in [9.17, 15) is 46.0 Å². The highest BCUT2D eigenvalue weighted by atomic mass is 32.2. The first-order valence-corrected chi connectivity index (χ1v) is 40.4. The zero-order valence-corrected chi connectivity index (χ0v) is 64.1. The van der Waals surface area contributed by atoms with Gasteiger partial charge in [-0.15, -0.1) is 0 Å². The topological polar surface area (TPSA) is 288 Å². The van der Waals surface area contributed by atoms with Crippen LogP contribution in [0.25, 0.3) is 22.1 Å². The van der Waals surface area contributed by atoms with Crippen molar-refractivity contribution in [3.63, 3.8) is 0 Å². The predicted octanol–water partition coefficient (Wildman–Crippen LogP) is 13.0. The number of Topliss-reactive ketones (excluding diaryl/α,β-unsaturated/α-hetero) is 1. The highest BCUT2D eigenvalue weighted by Crippen LogP contribution is 2.60. The molecule has 1 N–H and O–H groups in total. The van der Waals surface area contributed by atoms with E-state index >= 15 is 4.79 Å². The van der Waals surface area contributed by atoms with Crippen molar-refractivity contribution < 1.29 is 83.9 Å². The zero-order valence-electron chi connectivity index (χ0n) is 63.3. The first kappa shape index (κ1) is 81.6. The SMILES string of the molecule is C.C.COC(=O)[C@@H]1[C@H](C)[C@@H]2CN1C(=O)[C@H](C(C)(C)C)CC(=O)O[C@@H]1[C@H]3CC[C@H](C3)[C@H]1CCCCCc1nc3ccc(OC)cc3nc1O2.COc1ccc2nc3c(nc2c1)O[C@H]1CN(C(=O)[C@H](C(C)(C)C)CC(=O)O[C@@H]2[C@H]4CC[C@H](C4)[C@H]2CCCCC3)[C@H](C(=O)C[C@]2(C(=O)NS(=O)(=O)C3CC3)C[C@H]2C(F)F)[C@@H]1C. The number of benzene rings is 2. The zero-order chi connectivity index (χ0) is 75.6. The highest BCUT2D eigenvalue weighted by Gasteiger charge is 2.67. The van der Waals surface area contributed by atoms with Gasteiger partial charge in [0.25, 0.3) is 0 Å². The lowest BCUT2D eigenvalue weighted by Crippen LogP contribution is -2.50. The number of amides is 3. The van der Waals surface area contributed by atoms with Crippen LogP contribution in [0, 0.1) is 81.3 Å². The van der Waals surface area contributed by atoms with Gasteiger partial charge in [0.2, 0.25) is 45.9 Å². The van der Waals surface area contributed by atoms with E-state index in [0.717, 1.165) is 94.7 Å². The molecule has 8 bridgehead atoms. The van der Waals surface area contributed by atoms with Gasteiger partial charge < -0.3 is 43.0 Å². The number of aromatic nitrogens is 4. The minimum atomic E-state index is -4.10. The summed E-state index contributed by atoms with van der Waals surface area (Å²) in [6.45, 7) is 15.1. The second-order valence-corrected chi connectivity index (χ2v) is 36.5. The number of nitrogens with zero attached hydrogens (tertiary/aromatic N) is 6. The van der Waals surface area contributed by atoms with Gasteiger partial charge in [0.05, 0.1) is 97.9 Å². The summed E-state index contributed by atoms with van der Waals surface area (Å²) in [6.07, 6.45) is 10.2. The van der Waals surface area contributed by atoms with Crippen LogP contribution in [-0.4, -0.2) is 162 Å². The minimum Gasteiger partial charge on any atom is -0.497 e. The number of carbonyl (C=O) groups is 7. The Morgan fingerprint density at radius 1 is 0.593 bits per heavy atom. The van der Waals surface area contributed by atoms with E-state index < -0.39 is 128 Å². The Labute approximate surface area is 635 Å². The summed E-state index contributed by atoms with van der Waals surface area (Å²) < 4.78 is 98.4. The van der Waals surface area contributed by atoms with Crippen LogP contribution in [-0.2, 0) is 70.6 Å². The Hall–Kier alpha value is -7.38. The number of halogens is 2. The third-order valence-corrected chi connectivity index (χ3v) is 27.5. The van der Waals surface area contributed by atoms with Crippen molar-refractivity contribution in [3.8, 4) is 23.3 Å². The van der Waals surface area contributed by atoms with Crippen molar-refractivity contribution in [2.45, 2.75) is 260 Å². The molecule has 2 aromatic carbocycles. The molecule has 4 aliphatic heterocycles. The average Bonchev–Trinajstić information content (AvgIpc) is 1.56. The molecule has 594 valence electrons. The molecule has 18 atom stereocenters. The van der Waals surface area contributed by atoms with Crippen molar-refractivity contribution >= 4 is 73.5 Å². The number of nitrogens with one attached hydrogen (secondary N) is 1. The summed E-state index contributed by atoms with van der Waals surface area (Å²) >= 11 is 0. The molecule has 0 spiro atoms. The summed E-state index contributed by atoms with van der Waals surface area (Å²) in [5.74, 6) is -3.81. The van der Waals surface area contributed by atoms with Crippen LogP contribution in [0.2, 0.25) is 0 Å². The van der Waals surface area contributed by atoms with Crippen LogP contribution < -0.4 is 23.7 Å². The van der Waals surface area contributed by atoms with Gasteiger partial charge in [-0.2, -0.15) is 0 Å². The lowest BCUT2D eigenvalue weighted by atomic mass is 9.77. The number of esters is 3. The van der Waals surface area contributed by atoms with Crippen molar-refractivity contribution in [2.75, 3.05) is 34.4 Å². The van der Waals surface area contributed by atoms with E-state index in [1.54, 1.807) is 38.2 Å². The van der Waals surface area contributed by atoms with Gasteiger partial charge in [-0.05, 0) is 167 Å². The fraction of sp³-hybridized carbons (Fsp3) is 0.720. The maximum absolute atomic E-state index is 15.0. The molecule has 14 rings (SSSR count). The normalized spacial score (nSPS) is 32.4. The number of ether oxygens (including phenoxy) is 7. The molecule has 0 radical (unpaired) electrons. The number of ketones is 1. The average molecular weight is 1520 g/mol. The third kappa shape index (κ3) is 16.8. The monoisotopic (exact) mass is 1520 g/mol. The molecule has 23 nitrogen and oxygen atoms in total. The highest BCUT2D eigenvalue weighted by molar-refractivity contribution is 7.91. The Morgan fingerprint density at radius 3 is 1.45 bits per heavy atom. The largest absolute Gasteiger partial charge is 0.497 e. The summed E-state index contributed by atoms with van der Waals surface area (Å²) in [4.78, 5) is 121. The number of hydrogen-bond donors (Lipinski definition) is 1. The molecule has 8 fully saturated rings. The fourth-order valence-corrected chi connectivity index (χ4v) is 20.7. The van der Waals surface area contributed by atoms with Crippen LogP contribution in [0.15, 0.2) is 36.4 Å². The van der Waals surface area contributed by atoms with Crippen molar-refractivity contribution in [2.24, 2.45) is 81.3 Å². The Kier molecular flexibility index (Phi) is 24.6. The van der Waals surface area contributed by atoms with Crippen LogP contribution in [0.5, 0.6) is 23.3 Å². The molecule has 26 heteroatoms. The van der Waals surface area contributed by atoms with Crippen LogP contribution in [0.4, 0.5) is 8.78 Å². The van der Waals surface area contributed by atoms with Gasteiger partial charge in [-0.25, -0.2) is 41.9 Å². The minimum absolute atomic E-state index is 0. The van der Waals surface area contributed by atoms with Gasteiger partial charge >= 0.3 is 17.9 Å². The maximum atomic E-state index is 15.0. The van der Waals surface area contributed by atoms with E-state index in [0.29, 0.717) is 89.0 Å². The third-order valence-electron chi connectivity index (χ3n) is 25.7. The molecule has 108 heavy (non-hydrogen) atoms. The number of rotatable bonds is 10. The Morgan fingerprint density at radius 2 is 1.04 bits per heavy atom. The van der Waals surface area contributed by atoms with Crippen molar-refractivity contribution in [1.29, 1.82) is 0 Å². The van der Waals surface area contributed by atoms with E-state index in [2.05, 4.69) is 0 Å². The van der Waals surface area contributed by atoms with Gasteiger partial charge in [-0.3, -0.25) is 33.5 Å². The van der Waals surface area contributed by atoms with E-state index in [1.807, 2.05) is 77.5 Å². The van der Waals surface area contributed by atoms with Gasteiger partial charge in [0.1, 0.15) is 53.3 Å². The predicted molar refractivity (Wildman–Crippen MR) is 400 cm³/mol. The first-order chi connectivity index (χ1) is 50.4. The summed E-state index contributed by atoms with van der Waals surface area (Å²) in [6, 6.07) is 8.89. The van der Waals surface area contributed by atoms with Crippen LogP contribution >= 0.6 is 0 Å². The van der Waals surface area contributed by atoms with Gasteiger partial charge in [0, 0.05) is 36.3 Å². The lowest BCUT2D eigenvalue weighted by Gasteiger charge is -2.36. The van der Waals surface area contributed by atoms with Gasteiger partial charge in [0.15, 0.2) is 5.78 Å². The molecule has 4 aromatic rings. The smallest absolute Gasteiger partial charge is 0.329 e. The quantitative estimate of drug-likeness (QED) is 0.114. The van der Waals surface area contributed by atoms with Gasteiger partial charge in [-0.1, -0.05) is 95.9 Å². The number of aryl methyl sites for hydroxylation is 2. The summed E-state index contributed by atoms with van der Waals surface area (Å²) in [7, 11) is 0.398. The standard InChI is InChI=1S/C44H58F2N4O9S.C36H49N3O7.2CH4/c1-23-35-22-50(37(23)34(51)21-44(20-30(44)39(45)46)42(54)49-60(55,56)27-14-15-27)41(53)29(43(2,3)4)19-36(52)59-38-25-12-11-24(17-25)28(38)9-7-6-8-10-32-40(58-35)48-33-18-26(57-5)13-16-31(33)47-32;1-20-29-19-39(31(20)35(42)44-6)34(41)25(36(2,3)4)18-30(40)46-32-22-13-12-21(16-22)24(32)10-8-7-9-11-27-33(45-29)38-28-17-23(43-5)14-15-26(28)37-27;;/h13,16,18,23-25,27-30,35,37-39H,6-12,14-15,17,19-22H2,1-5H3,(H,49,54);14-15,17,20-22,24-25,29,31-32H,7-13,16,18-19H2,1-6H3;2*1H4/t23-,24-,25+,28-,29-,30+,35+,37+,38-,44-;20-,21-,22+,24-,25-,29+,31+,32-;;/m11../s1. The molecule has 2 saturated heterocycles. The molecular weight excluding hydrogens is 1410 g/mol. The van der Waals surface area contributed by atoms with E-state index in [4.69, 9.17) is 53.1 Å². The second-order valence-electron chi connectivity index (χ2n) is 34.6. The molecular formula is C82H115F2N7O16S. The molecule has 3 amide bonds. The van der Waals surface area contributed by atoms with Crippen molar-refractivity contribution in [1.82, 2.24) is 34.5 Å². The first-order valence-electron chi connectivity index (χ1n) is 38.9. The number of hydrogen-bond acceptors (Lipinski definition) is 20. The van der Waals surface area contributed by atoms with Crippen LogP contribution in [0.1, 0.15) is 210 Å². The Balaban J connectivity index is 0.000000218. The Bertz CT molecular complexity index is 4130. The van der Waals surface area contributed by atoms with E-state index in [-0.39, 0.29) is 89.0 Å². The molecule has 0 unspecified atom stereocenters. The second kappa shape index (κ2) is 32.5. The molecule has 6 saturated carbocycles. The molecule has 6 aliphatic carbocycles. The number of methoxy groups -OCH3 is 3. The number of alkyl halides is 2. The van der Waals surface area contributed by atoms with E-state index in [1.165, 1.54) is 18.4 Å². The van der Waals surface area contributed by atoms with Crippen molar-refractivity contribution in [3.05, 3.63) is 47.8 Å². The molecule has 2 aromatic heterocycles. The molecule has 10 aliphatic rings. The number of sulfonamides is 1. The number of fused-ring (bicyclic) bond motifs is 18. The summed E-state index contributed by atoms with van der Waals surface area (Å²) in [5, 5.41) is -0.780. The molecule has 6 heterocycles. The maximum Gasteiger partial charge on any atom is 0.329 e.